The molecule has 0 unspecified atom stereocenters. The van der Waals surface area contributed by atoms with E-state index in [4.69, 9.17) is 9.47 Å². The van der Waals surface area contributed by atoms with E-state index >= 15 is 0 Å². The number of benzene rings is 1. The molecule has 0 N–H and O–H groups in total. The van der Waals surface area contributed by atoms with Crippen molar-refractivity contribution < 1.29 is 23.9 Å². The van der Waals surface area contributed by atoms with Crippen LogP contribution in [-0.2, 0) is 32.0 Å². The lowest BCUT2D eigenvalue weighted by Gasteiger charge is -2.34. The molecule has 0 spiro atoms. The van der Waals surface area contributed by atoms with Crippen molar-refractivity contribution in [1.82, 2.24) is 4.90 Å². The molecular weight excluding hydrogens is 394 g/mol. The number of carbonyl (C=O) groups excluding carboxylic acids is 3. The summed E-state index contributed by atoms with van der Waals surface area (Å²) in [7, 11) is 0. The fourth-order valence-electron chi connectivity index (χ4n) is 3.02. The Hall–Kier alpha value is -2.37. The predicted molar refractivity (Wildman–Crippen MR) is 122 cm³/mol. The van der Waals surface area contributed by atoms with Crippen LogP contribution in [0.25, 0.3) is 0 Å². The Balaban J connectivity index is 3.23. The number of amides is 1. The summed E-state index contributed by atoms with van der Waals surface area (Å²) >= 11 is 0. The summed E-state index contributed by atoms with van der Waals surface area (Å²) in [5.74, 6) is -0.261. The molecule has 0 bridgehead atoms. The maximum atomic E-state index is 13.1. The van der Waals surface area contributed by atoms with Crippen LogP contribution in [0, 0.1) is 5.92 Å². The van der Waals surface area contributed by atoms with Crippen LogP contribution >= 0.6 is 0 Å². The van der Waals surface area contributed by atoms with Crippen LogP contribution < -0.4 is 0 Å². The molecule has 1 rings (SSSR count). The Morgan fingerprint density at radius 2 is 1.45 bits per heavy atom. The summed E-state index contributed by atoms with van der Waals surface area (Å²) < 4.78 is 11.3. The maximum Gasteiger partial charge on any atom is 0.411 e. The summed E-state index contributed by atoms with van der Waals surface area (Å²) in [6, 6.07) is 6.95. The number of hydrogen-bond donors (Lipinski definition) is 0. The van der Waals surface area contributed by atoms with E-state index in [1.54, 1.807) is 20.8 Å². The second-order valence-corrected chi connectivity index (χ2v) is 10.3. The van der Waals surface area contributed by atoms with Gasteiger partial charge in [-0.2, -0.15) is 0 Å². The van der Waals surface area contributed by atoms with Crippen molar-refractivity contribution in [2.75, 3.05) is 0 Å². The molecular formula is C25H39NO5. The van der Waals surface area contributed by atoms with Crippen LogP contribution in [0.2, 0.25) is 0 Å². The van der Waals surface area contributed by atoms with E-state index in [-0.39, 0.29) is 12.5 Å². The van der Waals surface area contributed by atoms with Crippen LogP contribution in [0.5, 0.6) is 0 Å². The molecule has 174 valence electrons. The van der Waals surface area contributed by atoms with E-state index in [0.717, 1.165) is 17.4 Å². The van der Waals surface area contributed by atoms with Gasteiger partial charge in [0, 0.05) is 13.0 Å². The Kier molecular flexibility index (Phi) is 9.72. The molecule has 0 radical (unpaired) electrons. The number of aryl methyl sites for hydroxylation is 1. The van der Waals surface area contributed by atoms with Crippen LogP contribution in [0.1, 0.15) is 79.4 Å². The Morgan fingerprint density at radius 3 is 1.90 bits per heavy atom. The highest BCUT2D eigenvalue weighted by atomic mass is 16.6. The zero-order valence-electron chi connectivity index (χ0n) is 20.4. The summed E-state index contributed by atoms with van der Waals surface area (Å²) in [5.41, 5.74) is 0.569. The Morgan fingerprint density at radius 1 is 0.935 bits per heavy atom. The van der Waals surface area contributed by atoms with Crippen molar-refractivity contribution in [3.05, 3.63) is 35.4 Å². The van der Waals surface area contributed by atoms with E-state index in [1.165, 1.54) is 4.90 Å². The summed E-state index contributed by atoms with van der Waals surface area (Å²) in [6.45, 7) is 15.1. The number of hydrogen-bond acceptors (Lipinski definition) is 5. The second-order valence-electron chi connectivity index (χ2n) is 10.3. The maximum absolute atomic E-state index is 13.1. The molecule has 1 aromatic carbocycles. The summed E-state index contributed by atoms with van der Waals surface area (Å²) in [4.78, 5) is 38.3. The van der Waals surface area contributed by atoms with Gasteiger partial charge >= 0.3 is 12.1 Å². The van der Waals surface area contributed by atoms with Gasteiger partial charge < -0.3 is 14.3 Å². The average Bonchev–Trinajstić information content (AvgIpc) is 2.60. The lowest BCUT2D eigenvalue weighted by Crippen LogP contribution is -2.49. The highest BCUT2D eigenvalue weighted by molar-refractivity contribution is 5.82. The second kappa shape index (κ2) is 11.3. The van der Waals surface area contributed by atoms with Crippen molar-refractivity contribution in [2.45, 2.75) is 98.4 Å². The Labute approximate surface area is 187 Å². The number of carbonyl (C=O) groups is 3. The number of rotatable bonds is 9. The normalized spacial score (nSPS) is 12.9. The topological polar surface area (TPSA) is 72.9 Å². The molecule has 0 saturated heterocycles. The molecule has 0 aliphatic rings. The molecule has 0 aliphatic carbocycles. The monoisotopic (exact) mass is 433 g/mol. The van der Waals surface area contributed by atoms with Gasteiger partial charge in [0.15, 0.2) is 0 Å². The van der Waals surface area contributed by atoms with Gasteiger partial charge in [0.1, 0.15) is 23.5 Å². The highest BCUT2D eigenvalue weighted by Crippen LogP contribution is 2.23. The molecule has 6 heteroatoms. The predicted octanol–water partition coefficient (Wildman–Crippen LogP) is 5.31. The first-order chi connectivity index (χ1) is 14.2. The summed E-state index contributed by atoms with van der Waals surface area (Å²) in [6.07, 6.45) is 1.96. The molecule has 6 nitrogen and oxygen atoms in total. The SMILES string of the molecule is CC(C)C[C@@H](C(=O)OC(C)(C)C)N(Cc1ccc(CCC=O)cc1)C(=O)OC(C)(C)C. The summed E-state index contributed by atoms with van der Waals surface area (Å²) in [5, 5.41) is 0. The Bertz CT molecular complexity index is 726. The molecule has 1 amide bonds. The zero-order valence-corrected chi connectivity index (χ0v) is 20.4. The van der Waals surface area contributed by atoms with Gasteiger partial charge in [0.25, 0.3) is 0 Å². The molecule has 0 aliphatic heterocycles. The van der Waals surface area contributed by atoms with Gasteiger partial charge in [-0.1, -0.05) is 38.1 Å². The first-order valence-electron chi connectivity index (χ1n) is 11.0. The van der Waals surface area contributed by atoms with E-state index in [0.29, 0.717) is 19.3 Å². The molecule has 0 fully saturated rings. The van der Waals surface area contributed by atoms with Crippen molar-refractivity contribution in [3.8, 4) is 0 Å². The van der Waals surface area contributed by atoms with E-state index < -0.39 is 29.3 Å². The minimum Gasteiger partial charge on any atom is -0.458 e. The minimum absolute atomic E-state index is 0.174. The third kappa shape index (κ3) is 10.5. The quantitative estimate of drug-likeness (QED) is 0.390. The number of aldehydes is 1. The van der Waals surface area contributed by atoms with Gasteiger partial charge in [-0.3, -0.25) is 4.90 Å². The molecule has 31 heavy (non-hydrogen) atoms. The van der Waals surface area contributed by atoms with Crippen LogP contribution in [-0.4, -0.2) is 40.5 Å². The van der Waals surface area contributed by atoms with E-state index in [2.05, 4.69) is 0 Å². The van der Waals surface area contributed by atoms with Crippen LogP contribution in [0.15, 0.2) is 24.3 Å². The van der Waals surface area contributed by atoms with Crippen LogP contribution in [0.4, 0.5) is 4.79 Å². The van der Waals surface area contributed by atoms with Crippen molar-refractivity contribution >= 4 is 18.3 Å². The van der Waals surface area contributed by atoms with Crippen molar-refractivity contribution in [2.24, 2.45) is 5.92 Å². The largest absolute Gasteiger partial charge is 0.458 e. The standard InChI is InChI=1S/C25H39NO5/c1-18(2)16-21(22(28)30-24(3,4)5)26(23(29)31-25(6,7)8)17-20-13-11-19(12-14-20)10-9-15-27/h11-15,18,21H,9-10,16-17H2,1-8H3/t21-/m0/s1. The highest BCUT2D eigenvalue weighted by Gasteiger charge is 2.36. The van der Waals surface area contributed by atoms with Crippen molar-refractivity contribution in [3.63, 3.8) is 0 Å². The zero-order chi connectivity index (χ0) is 23.8. The van der Waals surface area contributed by atoms with Gasteiger partial charge in [-0.05, 0) is 71.4 Å². The minimum atomic E-state index is -0.760. The fourth-order valence-corrected chi connectivity index (χ4v) is 3.02. The molecule has 0 heterocycles. The van der Waals surface area contributed by atoms with Crippen molar-refractivity contribution in [1.29, 1.82) is 0 Å². The number of nitrogens with zero attached hydrogens (tertiary/aromatic N) is 1. The van der Waals surface area contributed by atoms with E-state index in [9.17, 15) is 14.4 Å². The lowest BCUT2D eigenvalue weighted by atomic mass is 10.0. The molecule has 0 aromatic heterocycles. The molecule has 1 atom stereocenters. The van der Waals surface area contributed by atoms with Gasteiger partial charge in [0.05, 0.1) is 0 Å². The number of ether oxygens (including phenoxy) is 2. The average molecular weight is 434 g/mol. The number of esters is 1. The fraction of sp³-hybridized carbons (Fsp3) is 0.640. The van der Waals surface area contributed by atoms with Crippen LogP contribution in [0.3, 0.4) is 0 Å². The lowest BCUT2D eigenvalue weighted by molar-refractivity contribution is -0.162. The molecule has 1 aromatic rings. The third-order valence-electron chi connectivity index (χ3n) is 4.30. The smallest absolute Gasteiger partial charge is 0.411 e. The first-order valence-corrected chi connectivity index (χ1v) is 11.0. The third-order valence-corrected chi connectivity index (χ3v) is 4.30. The van der Waals surface area contributed by atoms with E-state index in [1.807, 2.05) is 58.9 Å². The van der Waals surface area contributed by atoms with Gasteiger partial charge in [-0.25, -0.2) is 9.59 Å². The van der Waals surface area contributed by atoms with Gasteiger partial charge in [0.2, 0.25) is 0 Å². The van der Waals surface area contributed by atoms with Gasteiger partial charge in [-0.15, -0.1) is 0 Å². The molecule has 0 saturated carbocycles. The first kappa shape index (κ1) is 26.7.